The number of aromatic amines is 1. The van der Waals surface area contributed by atoms with Crippen molar-refractivity contribution in [1.29, 1.82) is 0 Å². The molecule has 0 aliphatic rings. The minimum atomic E-state index is 0.221. The van der Waals surface area contributed by atoms with Gasteiger partial charge in [-0.3, -0.25) is 0 Å². The first-order valence-electron chi connectivity index (χ1n) is 5.68. The summed E-state index contributed by atoms with van der Waals surface area (Å²) < 4.78 is 0. The fourth-order valence-corrected chi connectivity index (χ4v) is 1.44. The highest BCUT2D eigenvalue weighted by atomic mass is 15.1. The Kier molecular flexibility index (Phi) is 2.62. The Bertz CT molecular complexity index is 446. The van der Waals surface area contributed by atoms with Crippen LogP contribution in [0.1, 0.15) is 27.7 Å². The molecule has 1 aromatic carbocycles. The number of nitrogens with zero attached hydrogens (tertiary/aromatic N) is 1. The van der Waals surface area contributed by atoms with Crippen molar-refractivity contribution in [2.45, 2.75) is 33.7 Å². The molecular formula is C13H19N3. The SMILES string of the molecule is CC(Nc1nc2ccccc2[nH]1)C(C)(C)C. The molecule has 2 N–H and O–H groups in total. The van der Waals surface area contributed by atoms with E-state index >= 15 is 0 Å². The summed E-state index contributed by atoms with van der Waals surface area (Å²) >= 11 is 0. The Labute approximate surface area is 96.3 Å². The number of hydrogen-bond donors (Lipinski definition) is 2. The number of para-hydroxylation sites is 2. The normalized spacial score (nSPS) is 14.0. The van der Waals surface area contributed by atoms with Gasteiger partial charge in [0, 0.05) is 6.04 Å². The van der Waals surface area contributed by atoms with Crippen molar-refractivity contribution in [3.8, 4) is 0 Å². The Morgan fingerprint density at radius 3 is 2.56 bits per heavy atom. The zero-order valence-corrected chi connectivity index (χ0v) is 10.3. The molecule has 0 fully saturated rings. The van der Waals surface area contributed by atoms with Gasteiger partial charge in [-0.1, -0.05) is 32.9 Å². The minimum absolute atomic E-state index is 0.221. The maximum absolute atomic E-state index is 4.50. The molecule has 0 spiro atoms. The van der Waals surface area contributed by atoms with E-state index < -0.39 is 0 Å². The molecule has 0 bridgehead atoms. The molecule has 3 nitrogen and oxygen atoms in total. The molecule has 0 saturated heterocycles. The Hall–Kier alpha value is -1.51. The van der Waals surface area contributed by atoms with E-state index in [4.69, 9.17) is 0 Å². The molecule has 0 aliphatic heterocycles. The van der Waals surface area contributed by atoms with Crippen molar-refractivity contribution < 1.29 is 0 Å². The number of anilines is 1. The molecule has 0 aliphatic carbocycles. The fourth-order valence-electron chi connectivity index (χ4n) is 1.44. The third-order valence-electron chi connectivity index (χ3n) is 3.04. The highest BCUT2D eigenvalue weighted by molar-refractivity contribution is 5.77. The summed E-state index contributed by atoms with van der Waals surface area (Å²) in [7, 11) is 0. The molecule has 0 saturated carbocycles. The van der Waals surface area contributed by atoms with Gasteiger partial charge in [-0.05, 0) is 24.5 Å². The number of imidazole rings is 1. The van der Waals surface area contributed by atoms with E-state index in [1.54, 1.807) is 0 Å². The van der Waals surface area contributed by atoms with Crippen LogP contribution in [0.25, 0.3) is 11.0 Å². The largest absolute Gasteiger partial charge is 0.353 e. The molecule has 1 heterocycles. The second-order valence-corrected chi connectivity index (χ2v) is 5.33. The second-order valence-electron chi connectivity index (χ2n) is 5.33. The van der Waals surface area contributed by atoms with E-state index in [-0.39, 0.29) is 5.41 Å². The lowest BCUT2D eigenvalue weighted by Gasteiger charge is -2.27. The summed E-state index contributed by atoms with van der Waals surface area (Å²) in [5, 5.41) is 3.40. The monoisotopic (exact) mass is 217 g/mol. The number of fused-ring (bicyclic) bond motifs is 1. The average molecular weight is 217 g/mol. The van der Waals surface area contributed by atoms with Gasteiger partial charge in [-0.15, -0.1) is 0 Å². The van der Waals surface area contributed by atoms with Gasteiger partial charge in [-0.25, -0.2) is 4.98 Å². The first-order valence-corrected chi connectivity index (χ1v) is 5.68. The van der Waals surface area contributed by atoms with Gasteiger partial charge >= 0.3 is 0 Å². The van der Waals surface area contributed by atoms with Crippen LogP contribution in [0.5, 0.6) is 0 Å². The van der Waals surface area contributed by atoms with Crippen LogP contribution in [0.3, 0.4) is 0 Å². The van der Waals surface area contributed by atoms with E-state index in [9.17, 15) is 0 Å². The molecule has 0 radical (unpaired) electrons. The molecule has 0 amide bonds. The van der Waals surface area contributed by atoms with Gasteiger partial charge in [0.2, 0.25) is 5.95 Å². The predicted octanol–water partition coefficient (Wildman–Crippen LogP) is 3.41. The van der Waals surface area contributed by atoms with Crippen LogP contribution in [0.4, 0.5) is 5.95 Å². The standard InChI is InChI=1S/C13H19N3/c1-9(13(2,3)4)14-12-15-10-7-5-6-8-11(10)16-12/h5-9H,1-4H3,(H2,14,15,16). The van der Waals surface area contributed by atoms with Gasteiger partial charge in [0.15, 0.2) is 0 Å². The van der Waals surface area contributed by atoms with Crippen LogP contribution in [0.15, 0.2) is 24.3 Å². The highest BCUT2D eigenvalue weighted by Crippen LogP contribution is 2.22. The molecule has 86 valence electrons. The molecule has 3 heteroatoms. The van der Waals surface area contributed by atoms with E-state index in [1.165, 1.54) is 0 Å². The number of H-pyrrole nitrogens is 1. The van der Waals surface area contributed by atoms with Crippen LogP contribution in [-0.4, -0.2) is 16.0 Å². The molecule has 16 heavy (non-hydrogen) atoms. The van der Waals surface area contributed by atoms with Crippen LogP contribution in [-0.2, 0) is 0 Å². The Morgan fingerprint density at radius 1 is 1.25 bits per heavy atom. The van der Waals surface area contributed by atoms with Gasteiger partial charge < -0.3 is 10.3 Å². The van der Waals surface area contributed by atoms with Crippen molar-refractivity contribution >= 4 is 17.0 Å². The van der Waals surface area contributed by atoms with E-state index in [0.717, 1.165) is 17.0 Å². The summed E-state index contributed by atoms with van der Waals surface area (Å²) in [4.78, 5) is 7.78. The number of rotatable bonds is 2. The second kappa shape index (κ2) is 3.81. The van der Waals surface area contributed by atoms with E-state index in [1.807, 2.05) is 24.3 Å². The minimum Gasteiger partial charge on any atom is -0.353 e. The summed E-state index contributed by atoms with van der Waals surface area (Å²) in [6, 6.07) is 8.43. The number of nitrogens with one attached hydrogen (secondary N) is 2. The quantitative estimate of drug-likeness (QED) is 0.809. The van der Waals surface area contributed by atoms with Crippen molar-refractivity contribution in [3.63, 3.8) is 0 Å². The van der Waals surface area contributed by atoms with E-state index in [0.29, 0.717) is 6.04 Å². The lowest BCUT2D eigenvalue weighted by atomic mass is 9.88. The van der Waals surface area contributed by atoms with Crippen molar-refractivity contribution in [3.05, 3.63) is 24.3 Å². The molecule has 1 atom stereocenters. The highest BCUT2D eigenvalue weighted by Gasteiger charge is 2.20. The maximum atomic E-state index is 4.50. The van der Waals surface area contributed by atoms with Crippen molar-refractivity contribution in [2.75, 3.05) is 5.32 Å². The van der Waals surface area contributed by atoms with Crippen LogP contribution in [0.2, 0.25) is 0 Å². The lowest BCUT2D eigenvalue weighted by molar-refractivity contribution is 0.358. The first-order chi connectivity index (χ1) is 7.47. The van der Waals surface area contributed by atoms with Crippen molar-refractivity contribution in [2.24, 2.45) is 5.41 Å². The molecule has 2 aromatic rings. The van der Waals surface area contributed by atoms with Gasteiger partial charge in [0.25, 0.3) is 0 Å². The number of hydrogen-bond acceptors (Lipinski definition) is 2. The Morgan fingerprint density at radius 2 is 1.94 bits per heavy atom. The average Bonchev–Trinajstić information content (AvgIpc) is 2.58. The lowest BCUT2D eigenvalue weighted by Crippen LogP contribution is -2.31. The number of aromatic nitrogens is 2. The smallest absolute Gasteiger partial charge is 0.201 e. The summed E-state index contributed by atoms with van der Waals surface area (Å²) in [5.74, 6) is 0.851. The molecule has 1 aromatic heterocycles. The van der Waals surface area contributed by atoms with Crippen LogP contribution >= 0.6 is 0 Å². The molecule has 2 rings (SSSR count). The van der Waals surface area contributed by atoms with E-state index in [2.05, 4.69) is 43.0 Å². The van der Waals surface area contributed by atoms with Crippen molar-refractivity contribution in [1.82, 2.24) is 9.97 Å². The third-order valence-corrected chi connectivity index (χ3v) is 3.04. The fraction of sp³-hybridized carbons (Fsp3) is 0.462. The molecule has 1 unspecified atom stereocenters. The summed E-state index contributed by atoms with van der Waals surface area (Å²) in [5.41, 5.74) is 2.30. The van der Waals surface area contributed by atoms with Gasteiger partial charge in [0.1, 0.15) is 0 Å². The first kappa shape index (κ1) is 11.0. The molecular weight excluding hydrogens is 198 g/mol. The zero-order chi connectivity index (χ0) is 11.8. The summed E-state index contributed by atoms with van der Waals surface area (Å²) in [6.07, 6.45) is 0. The predicted molar refractivity (Wildman–Crippen MR) is 68.6 cm³/mol. The van der Waals surface area contributed by atoms with Gasteiger partial charge in [-0.2, -0.15) is 0 Å². The summed E-state index contributed by atoms with van der Waals surface area (Å²) in [6.45, 7) is 8.82. The Balaban J connectivity index is 2.22. The number of benzene rings is 1. The zero-order valence-electron chi connectivity index (χ0n) is 10.3. The van der Waals surface area contributed by atoms with Crippen LogP contribution in [0, 0.1) is 5.41 Å². The van der Waals surface area contributed by atoms with Crippen LogP contribution < -0.4 is 5.32 Å². The van der Waals surface area contributed by atoms with Gasteiger partial charge in [0.05, 0.1) is 11.0 Å². The maximum Gasteiger partial charge on any atom is 0.201 e. The topological polar surface area (TPSA) is 40.7 Å². The third kappa shape index (κ3) is 2.18.